The minimum absolute atomic E-state index is 0.00591. The second-order valence-electron chi connectivity index (χ2n) is 7.68. The van der Waals surface area contributed by atoms with E-state index in [0.29, 0.717) is 18.5 Å². The van der Waals surface area contributed by atoms with Crippen LogP contribution in [0, 0.1) is 0 Å². The Hall–Kier alpha value is -2.84. The molecule has 0 spiro atoms. The molecule has 0 bridgehead atoms. The molecule has 2 aromatic carbocycles. The highest BCUT2D eigenvalue weighted by Crippen LogP contribution is 2.33. The molecule has 0 saturated carbocycles. The van der Waals surface area contributed by atoms with Crippen LogP contribution in [0.1, 0.15) is 18.5 Å². The van der Waals surface area contributed by atoms with Crippen LogP contribution in [0.4, 0.5) is 0 Å². The Bertz CT molecular complexity index is 1150. The normalized spacial score (nSPS) is 17.4. The molecule has 156 valence electrons. The lowest BCUT2D eigenvalue weighted by Gasteiger charge is -2.36. The van der Waals surface area contributed by atoms with Crippen LogP contribution in [0.25, 0.3) is 10.1 Å². The van der Waals surface area contributed by atoms with Crippen molar-refractivity contribution in [2.24, 2.45) is 0 Å². The molecule has 2 aliphatic heterocycles. The Balaban J connectivity index is 1.22. The van der Waals surface area contributed by atoms with Crippen LogP contribution >= 0.6 is 11.5 Å². The average Bonchev–Trinajstić information content (AvgIpc) is 3.37. The maximum Gasteiger partial charge on any atom is 0.269 e. The Morgan fingerprint density at radius 2 is 1.83 bits per heavy atom. The van der Waals surface area contributed by atoms with E-state index in [4.69, 9.17) is 9.47 Å². The van der Waals surface area contributed by atoms with Crippen molar-refractivity contribution in [2.75, 3.05) is 33.0 Å². The number of amides is 1. The molecule has 1 atom stereocenters. The number of hydrogen-bond acceptors (Lipinski definition) is 6. The van der Waals surface area contributed by atoms with Crippen molar-refractivity contribution in [3.63, 3.8) is 0 Å². The highest BCUT2D eigenvalue weighted by atomic mass is 32.1. The Labute approximate surface area is 178 Å². The molecule has 1 aromatic heterocycles. The molecule has 1 saturated heterocycles. The molecule has 2 aliphatic rings. The zero-order valence-corrected chi connectivity index (χ0v) is 17.6. The van der Waals surface area contributed by atoms with Crippen LogP contribution in [0.3, 0.4) is 0 Å². The van der Waals surface area contributed by atoms with Gasteiger partial charge in [-0.05, 0) is 36.8 Å². The van der Waals surface area contributed by atoms with Crippen molar-refractivity contribution >= 4 is 27.5 Å². The van der Waals surface area contributed by atoms with E-state index in [-0.39, 0.29) is 18.3 Å². The molecule has 1 fully saturated rings. The topological polar surface area (TPSA) is 64.0 Å². The van der Waals surface area contributed by atoms with Gasteiger partial charge in [-0.1, -0.05) is 29.7 Å². The number of nitrogens with zero attached hydrogens (tertiary/aromatic N) is 3. The van der Waals surface area contributed by atoms with Crippen molar-refractivity contribution < 1.29 is 14.3 Å². The first-order valence-electron chi connectivity index (χ1n) is 10.1. The third-order valence-corrected chi connectivity index (χ3v) is 6.98. The predicted octanol–water partition coefficient (Wildman–Crippen LogP) is 2.70. The highest BCUT2D eigenvalue weighted by Gasteiger charge is 2.28. The highest BCUT2D eigenvalue weighted by molar-refractivity contribution is 7.14. The summed E-state index contributed by atoms with van der Waals surface area (Å²) in [4.78, 5) is 29.9. The Morgan fingerprint density at radius 3 is 2.63 bits per heavy atom. The minimum Gasteiger partial charge on any atom is -0.454 e. The molecule has 0 unspecified atom stereocenters. The van der Waals surface area contributed by atoms with E-state index in [1.54, 1.807) is 3.96 Å². The lowest BCUT2D eigenvalue weighted by molar-refractivity contribution is -0.135. The van der Waals surface area contributed by atoms with Gasteiger partial charge >= 0.3 is 0 Å². The summed E-state index contributed by atoms with van der Waals surface area (Å²) in [6.07, 6.45) is 0. The van der Waals surface area contributed by atoms with Gasteiger partial charge in [0.05, 0.1) is 10.1 Å². The van der Waals surface area contributed by atoms with Gasteiger partial charge in [-0.3, -0.25) is 18.4 Å². The second-order valence-corrected chi connectivity index (χ2v) is 8.70. The molecule has 8 heteroatoms. The monoisotopic (exact) mass is 425 g/mol. The molecule has 3 heterocycles. The first-order chi connectivity index (χ1) is 14.6. The quantitative estimate of drug-likeness (QED) is 0.643. The Kier molecular flexibility index (Phi) is 4.96. The van der Waals surface area contributed by atoms with E-state index in [1.807, 2.05) is 48.2 Å². The molecule has 1 amide bonds. The molecular formula is C22H23N3O4S. The van der Waals surface area contributed by atoms with E-state index in [9.17, 15) is 9.59 Å². The summed E-state index contributed by atoms with van der Waals surface area (Å²) in [5.41, 5.74) is 1.09. The number of carbonyl (C=O) groups is 1. The van der Waals surface area contributed by atoms with E-state index < -0.39 is 6.04 Å². The summed E-state index contributed by atoms with van der Waals surface area (Å²) >= 11 is 1.36. The van der Waals surface area contributed by atoms with Crippen molar-refractivity contribution in [1.29, 1.82) is 0 Å². The maximum atomic E-state index is 13.0. The number of hydrogen-bond donors (Lipinski definition) is 0. The standard InChI is InChI=1S/C22H23N3O4S/c1-15(25-22(27)17-4-2-3-5-20(17)30-25)21(26)24-10-8-23(9-11-24)13-16-6-7-18-19(12-16)29-14-28-18/h2-7,12,15H,8-11,13-14H2,1H3/t15-/m1/s1. The number of carbonyl (C=O) groups excluding carboxylic acids is 1. The molecule has 7 nitrogen and oxygen atoms in total. The van der Waals surface area contributed by atoms with Crippen LogP contribution in [0.5, 0.6) is 11.5 Å². The third-order valence-electron chi connectivity index (χ3n) is 5.75. The lowest BCUT2D eigenvalue weighted by atomic mass is 10.1. The van der Waals surface area contributed by atoms with E-state index in [1.165, 1.54) is 17.1 Å². The Morgan fingerprint density at radius 1 is 1.07 bits per heavy atom. The third kappa shape index (κ3) is 3.46. The van der Waals surface area contributed by atoms with E-state index in [2.05, 4.69) is 11.0 Å². The first-order valence-corrected chi connectivity index (χ1v) is 10.9. The van der Waals surface area contributed by atoms with Gasteiger partial charge in [0.25, 0.3) is 5.56 Å². The molecule has 0 aliphatic carbocycles. The van der Waals surface area contributed by atoms with Crippen molar-refractivity contribution in [2.45, 2.75) is 19.5 Å². The number of piperazine rings is 1. The summed E-state index contributed by atoms with van der Waals surface area (Å²) in [5, 5.41) is 0.677. The fourth-order valence-electron chi connectivity index (χ4n) is 4.03. The minimum atomic E-state index is -0.490. The SMILES string of the molecule is C[C@H](C(=O)N1CCN(Cc2ccc3c(c2)OCO3)CC1)n1sc2ccccc2c1=O. The maximum absolute atomic E-state index is 13.0. The predicted molar refractivity (Wildman–Crippen MR) is 115 cm³/mol. The number of aromatic nitrogens is 1. The van der Waals surface area contributed by atoms with Crippen molar-refractivity contribution in [3.8, 4) is 11.5 Å². The van der Waals surface area contributed by atoms with Gasteiger partial charge in [-0.15, -0.1) is 0 Å². The molecular weight excluding hydrogens is 402 g/mol. The van der Waals surface area contributed by atoms with Gasteiger partial charge in [-0.25, -0.2) is 0 Å². The number of rotatable bonds is 4. The molecule has 0 radical (unpaired) electrons. The largest absolute Gasteiger partial charge is 0.454 e. The van der Waals surface area contributed by atoms with Gasteiger partial charge in [0.15, 0.2) is 11.5 Å². The summed E-state index contributed by atoms with van der Waals surface area (Å²) < 4.78 is 13.3. The van der Waals surface area contributed by atoms with Gasteiger partial charge < -0.3 is 14.4 Å². The fourth-order valence-corrected chi connectivity index (χ4v) is 5.07. The van der Waals surface area contributed by atoms with Crippen molar-refractivity contribution in [1.82, 2.24) is 13.8 Å². The summed E-state index contributed by atoms with van der Waals surface area (Å²) in [6, 6.07) is 13.0. The van der Waals surface area contributed by atoms with Crippen molar-refractivity contribution in [3.05, 3.63) is 58.4 Å². The zero-order chi connectivity index (χ0) is 20.7. The lowest BCUT2D eigenvalue weighted by Crippen LogP contribution is -2.50. The first kappa shape index (κ1) is 19.1. The van der Waals surface area contributed by atoms with Gasteiger partial charge in [0.2, 0.25) is 12.7 Å². The van der Waals surface area contributed by atoms with E-state index >= 15 is 0 Å². The number of ether oxygens (including phenoxy) is 2. The second kappa shape index (κ2) is 7.77. The van der Waals surface area contributed by atoms with Gasteiger partial charge in [0, 0.05) is 32.7 Å². The van der Waals surface area contributed by atoms with Crippen LogP contribution in [0.15, 0.2) is 47.3 Å². The summed E-state index contributed by atoms with van der Waals surface area (Å²) in [5.74, 6) is 1.59. The van der Waals surface area contributed by atoms with Crippen LogP contribution < -0.4 is 15.0 Å². The smallest absolute Gasteiger partial charge is 0.269 e. The average molecular weight is 426 g/mol. The van der Waals surface area contributed by atoms with Crippen LogP contribution in [-0.4, -0.2) is 52.6 Å². The van der Waals surface area contributed by atoms with Crippen LogP contribution in [0.2, 0.25) is 0 Å². The molecule has 3 aromatic rings. The molecule has 30 heavy (non-hydrogen) atoms. The summed E-state index contributed by atoms with van der Waals surface area (Å²) in [6.45, 7) is 5.83. The number of benzene rings is 2. The zero-order valence-electron chi connectivity index (χ0n) is 16.7. The molecule has 5 rings (SSSR count). The summed E-state index contributed by atoms with van der Waals surface area (Å²) in [7, 11) is 0. The van der Waals surface area contributed by atoms with Gasteiger partial charge in [0.1, 0.15) is 6.04 Å². The van der Waals surface area contributed by atoms with E-state index in [0.717, 1.165) is 35.8 Å². The number of fused-ring (bicyclic) bond motifs is 2. The van der Waals surface area contributed by atoms with Gasteiger partial charge in [-0.2, -0.15) is 0 Å². The van der Waals surface area contributed by atoms with Crippen LogP contribution in [-0.2, 0) is 11.3 Å². The fraction of sp³-hybridized carbons (Fsp3) is 0.364. The molecule has 0 N–H and O–H groups in total.